The Balaban J connectivity index is 2.57. The standard InChI is InChI=1S/C13H14BrN3/c1-9-16-8-10(6-7-15)13(17-9)11-4-2-3-5-12(11)14/h2-5,8H,6-7,15H2,1H3. The van der Waals surface area contributed by atoms with Crippen LogP contribution in [0.5, 0.6) is 0 Å². The summed E-state index contributed by atoms with van der Waals surface area (Å²) in [6.45, 7) is 2.50. The Morgan fingerprint density at radius 2 is 2.06 bits per heavy atom. The monoisotopic (exact) mass is 291 g/mol. The van der Waals surface area contributed by atoms with Crippen molar-refractivity contribution in [2.75, 3.05) is 6.54 Å². The van der Waals surface area contributed by atoms with Gasteiger partial charge in [-0.25, -0.2) is 9.97 Å². The molecule has 4 heteroatoms. The van der Waals surface area contributed by atoms with Gasteiger partial charge in [0.2, 0.25) is 0 Å². The van der Waals surface area contributed by atoms with Crippen molar-refractivity contribution in [3.05, 3.63) is 46.3 Å². The number of benzene rings is 1. The van der Waals surface area contributed by atoms with Gasteiger partial charge in [-0.3, -0.25) is 0 Å². The molecule has 0 radical (unpaired) electrons. The van der Waals surface area contributed by atoms with Crippen molar-refractivity contribution >= 4 is 15.9 Å². The number of hydrogen-bond donors (Lipinski definition) is 1. The predicted molar refractivity (Wildman–Crippen MR) is 72.7 cm³/mol. The molecular weight excluding hydrogens is 278 g/mol. The van der Waals surface area contributed by atoms with Crippen molar-refractivity contribution in [3.63, 3.8) is 0 Å². The van der Waals surface area contributed by atoms with Crippen LogP contribution in [0.4, 0.5) is 0 Å². The summed E-state index contributed by atoms with van der Waals surface area (Å²) < 4.78 is 1.04. The zero-order valence-corrected chi connectivity index (χ0v) is 11.2. The molecule has 1 aromatic carbocycles. The van der Waals surface area contributed by atoms with Crippen LogP contribution in [0.2, 0.25) is 0 Å². The summed E-state index contributed by atoms with van der Waals surface area (Å²) in [6, 6.07) is 8.05. The van der Waals surface area contributed by atoms with Crippen molar-refractivity contribution in [3.8, 4) is 11.3 Å². The minimum atomic E-state index is 0.601. The molecule has 0 amide bonds. The second-order valence-electron chi connectivity index (χ2n) is 3.81. The third kappa shape index (κ3) is 2.70. The minimum Gasteiger partial charge on any atom is -0.330 e. The van der Waals surface area contributed by atoms with Crippen LogP contribution >= 0.6 is 15.9 Å². The molecule has 2 N–H and O–H groups in total. The maximum atomic E-state index is 5.62. The molecule has 3 nitrogen and oxygen atoms in total. The Kier molecular flexibility index (Phi) is 3.86. The molecule has 0 unspecified atom stereocenters. The maximum absolute atomic E-state index is 5.62. The van der Waals surface area contributed by atoms with Crippen molar-refractivity contribution in [1.29, 1.82) is 0 Å². The molecule has 17 heavy (non-hydrogen) atoms. The lowest BCUT2D eigenvalue weighted by Crippen LogP contribution is -2.06. The van der Waals surface area contributed by atoms with Crippen LogP contribution < -0.4 is 5.73 Å². The molecule has 2 rings (SSSR count). The van der Waals surface area contributed by atoms with E-state index in [1.165, 1.54) is 0 Å². The van der Waals surface area contributed by atoms with E-state index in [-0.39, 0.29) is 0 Å². The van der Waals surface area contributed by atoms with E-state index in [9.17, 15) is 0 Å². The second kappa shape index (κ2) is 5.38. The first-order valence-electron chi connectivity index (χ1n) is 5.50. The Morgan fingerprint density at radius 1 is 1.29 bits per heavy atom. The first-order valence-corrected chi connectivity index (χ1v) is 6.29. The van der Waals surface area contributed by atoms with Gasteiger partial charge in [0.05, 0.1) is 5.69 Å². The Bertz CT molecular complexity index is 526. The largest absolute Gasteiger partial charge is 0.330 e. The zero-order valence-electron chi connectivity index (χ0n) is 9.65. The number of nitrogens with zero attached hydrogens (tertiary/aromatic N) is 2. The normalized spacial score (nSPS) is 10.5. The third-order valence-corrected chi connectivity index (χ3v) is 3.22. The first kappa shape index (κ1) is 12.2. The maximum Gasteiger partial charge on any atom is 0.125 e. The van der Waals surface area contributed by atoms with Gasteiger partial charge in [0, 0.05) is 16.2 Å². The molecule has 0 aliphatic heterocycles. The highest BCUT2D eigenvalue weighted by Crippen LogP contribution is 2.28. The summed E-state index contributed by atoms with van der Waals surface area (Å²) in [4.78, 5) is 8.76. The van der Waals surface area contributed by atoms with E-state index < -0.39 is 0 Å². The average molecular weight is 292 g/mol. The molecule has 0 saturated carbocycles. The van der Waals surface area contributed by atoms with Crippen molar-refractivity contribution in [2.45, 2.75) is 13.3 Å². The number of rotatable bonds is 3. The van der Waals surface area contributed by atoms with Gasteiger partial charge in [0.25, 0.3) is 0 Å². The lowest BCUT2D eigenvalue weighted by Gasteiger charge is -2.09. The molecule has 1 heterocycles. The van der Waals surface area contributed by atoms with Crippen molar-refractivity contribution in [1.82, 2.24) is 9.97 Å². The van der Waals surface area contributed by atoms with E-state index in [0.29, 0.717) is 6.54 Å². The fraction of sp³-hybridized carbons (Fsp3) is 0.231. The van der Waals surface area contributed by atoms with Crippen molar-refractivity contribution in [2.24, 2.45) is 5.73 Å². The molecule has 0 fully saturated rings. The van der Waals surface area contributed by atoms with Gasteiger partial charge >= 0.3 is 0 Å². The van der Waals surface area contributed by atoms with Crippen LogP contribution in [0.25, 0.3) is 11.3 Å². The van der Waals surface area contributed by atoms with Crippen LogP contribution in [-0.2, 0) is 6.42 Å². The summed E-state index contributed by atoms with van der Waals surface area (Å²) >= 11 is 3.55. The van der Waals surface area contributed by atoms with Crippen molar-refractivity contribution < 1.29 is 0 Å². The van der Waals surface area contributed by atoms with E-state index in [1.807, 2.05) is 37.4 Å². The van der Waals surface area contributed by atoms with Gasteiger partial charge in [-0.1, -0.05) is 34.1 Å². The summed E-state index contributed by atoms with van der Waals surface area (Å²) in [5.74, 6) is 0.775. The minimum absolute atomic E-state index is 0.601. The molecule has 1 aromatic heterocycles. The number of hydrogen-bond acceptors (Lipinski definition) is 3. The van der Waals surface area contributed by atoms with Crippen LogP contribution in [0.15, 0.2) is 34.9 Å². The molecule has 0 saturated heterocycles. The predicted octanol–water partition coefficient (Wildman–Crippen LogP) is 2.72. The van der Waals surface area contributed by atoms with Crippen LogP contribution in [-0.4, -0.2) is 16.5 Å². The Labute approximate surface area is 109 Å². The molecule has 0 aliphatic carbocycles. The highest BCUT2D eigenvalue weighted by Gasteiger charge is 2.10. The SMILES string of the molecule is Cc1ncc(CCN)c(-c2ccccc2Br)n1. The molecule has 2 aromatic rings. The van der Waals surface area contributed by atoms with E-state index in [1.54, 1.807) is 0 Å². The average Bonchev–Trinajstić information content (AvgIpc) is 2.32. The number of aryl methyl sites for hydroxylation is 1. The lowest BCUT2D eigenvalue weighted by atomic mass is 10.1. The smallest absolute Gasteiger partial charge is 0.125 e. The Hall–Kier alpha value is -1.26. The topological polar surface area (TPSA) is 51.8 Å². The van der Waals surface area contributed by atoms with E-state index in [4.69, 9.17) is 5.73 Å². The quantitative estimate of drug-likeness (QED) is 0.946. The van der Waals surface area contributed by atoms with E-state index in [2.05, 4.69) is 25.9 Å². The van der Waals surface area contributed by atoms with Gasteiger partial charge in [-0.2, -0.15) is 0 Å². The number of aromatic nitrogens is 2. The molecule has 88 valence electrons. The fourth-order valence-corrected chi connectivity index (χ4v) is 2.19. The zero-order chi connectivity index (χ0) is 12.3. The summed E-state index contributed by atoms with van der Waals surface area (Å²) in [5.41, 5.74) is 8.76. The highest BCUT2D eigenvalue weighted by atomic mass is 79.9. The van der Waals surface area contributed by atoms with E-state index >= 15 is 0 Å². The van der Waals surface area contributed by atoms with Crippen LogP contribution in [0, 0.1) is 6.92 Å². The van der Waals surface area contributed by atoms with Gasteiger partial charge in [0.15, 0.2) is 0 Å². The second-order valence-corrected chi connectivity index (χ2v) is 4.66. The lowest BCUT2D eigenvalue weighted by molar-refractivity contribution is 0.928. The molecular formula is C13H14BrN3. The molecule has 0 aliphatic rings. The summed E-state index contributed by atoms with van der Waals surface area (Å²) in [7, 11) is 0. The van der Waals surface area contributed by atoms with Gasteiger partial charge < -0.3 is 5.73 Å². The summed E-state index contributed by atoms with van der Waals surface area (Å²) in [6.07, 6.45) is 2.65. The van der Waals surface area contributed by atoms with Gasteiger partial charge in [-0.05, 0) is 31.5 Å². The first-order chi connectivity index (χ1) is 8.22. The number of nitrogens with two attached hydrogens (primary N) is 1. The van der Waals surface area contributed by atoms with Gasteiger partial charge in [0.1, 0.15) is 5.82 Å². The van der Waals surface area contributed by atoms with Crippen LogP contribution in [0.3, 0.4) is 0 Å². The third-order valence-electron chi connectivity index (χ3n) is 2.53. The Morgan fingerprint density at radius 3 is 2.76 bits per heavy atom. The van der Waals surface area contributed by atoms with Gasteiger partial charge in [-0.15, -0.1) is 0 Å². The highest BCUT2D eigenvalue weighted by molar-refractivity contribution is 9.10. The van der Waals surface area contributed by atoms with Crippen LogP contribution in [0.1, 0.15) is 11.4 Å². The fourth-order valence-electron chi connectivity index (χ4n) is 1.72. The molecule has 0 atom stereocenters. The van der Waals surface area contributed by atoms with E-state index in [0.717, 1.165) is 33.5 Å². The summed E-state index contributed by atoms with van der Waals surface area (Å²) in [5, 5.41) is 0. The molecule has 0 bridgehead atoms. The number of halogens is 1. The molecule has 0 spiro atoms.